The van der Waals surface area contributed by atoms with Crippen molar-refractivity contribution in [1.29, 1.82) is 0 Å². The highest BCUT2D eigenvalue weighted by Crippen LogP contribution is 2.38. The van der Waals surface area contributed by atoms with Crippen LogP contribution in [0.3, 0.4) is 0 Å². The summed E-state index contributed by atoms with van der Waals surface area (Å²) in [5.74, 6) is 0.346. The van der Waals surface area contributed by atoms with E-state index in [1.807, 2.05) is 6.92 Å². The van der Waals surface area contributed by atoms with Gasteiger partial charge in [-0.25, -0.2) is 9.48 Å². The number of aromatic nitrogens is 3. The Hall–Kier alpha value is -3.07. The van der Waals surface area contributed by atoms with Crippen LogP contribution in [0.15, 0.2) is 35.8 Å². The number of aromatic hydroxyl groups is 1. The number of phenols is 1. The van der Waals surface area contributed by atoms with Gasteiger partial charge in [-0.15, -0.1) is 0 Å². The molecule has 27 heavy (non-hydrogen) atoms. The minimum Gasteiger partial charge on any atom is -0.504 e. The first-order chi connectivity index (χ1) is 13.1. The van der Waals surface area contributed by atoms with Crippen LogP contribution < -0.4 is 10.1 Å². The van der Waals surface area contributed by atoms with Gasteiger partial charge in [-0.1, -0.05) is 6.07 Å². The first-order valence-corrected chi connectivity index (χ1v) is 8.62. The summed E-state index contributed by atoms with van der Waals surface area (Å²) >= 11 is 0. The number of hydrogen-bond donors (Lipinski definition) is 2. The lowest BCUT2D eigenvalue weighted by Gasteiger charge is -2.29. The van der Waals surface area contributed by atoms with Crippen molar-refractivity contribution in [3.8, 4) is 11.5 Å². The van der Waals surface area contributed by atoms with E-state index in [1.54, 1.807) is 30.8 Å². The molecule has 2 aromatic rings. The summed E-state index contributed by atoms with van der Waals surface area (Å²) in [6, 6.07) is 4.32. The Morgan fingerprint density at radius 3 is 2.85 bits per heavy atom. The maximum Gasteiger partial charge on any atom is 0.338 e. The molecule has 1 unspecified atom stereocenters. The molecule has 144 valence electrons. The maximum absolute atomic E-state index is 12.8. The Morgan fingerprint density at radius 2 is 2.15 bits per heavy atom. The molecule has 0 bridgehead atoms. The molecule has 2 N–H and O–H groups in total. The number of nitrogens with one attached hydrogen (secondary N) is 1. The van der Waals surface area contributed by atoms with Crippen LogP contribution in [0.1, 0.15) is 25.5 Å². The van der Waals surface area contributed by atoms with Crippen LogP contribution in [0, 0.1) is 0 Å². The molecule has 0 saturated carbocycles. The van der Waals surface area contributed by atoms with Crippen LogP contribution in [0.2, 0.25) is 0 Å². The fourth-order valence-corrected chi connectivity index (χ4v) is 3.00. The molecule has 1 aliphatic rings. The molecule has 3 rings (SSSR count). The maximum atomic E-state index is 12.8. The van der Waals surface area contributed by atoms with Crippen LogP contribution in [-0.4, -0.2) is 52.8 Å². The second-order valence-corrected chi connectivity index (χ2v) is 5.76. The lowest BCUT2D eigenvalue weighted by molar-refractivity contribution is -0.139. The number of benzene rings is 1. The zero-order valence-corrected chi connectivity index (χ0v) is 15.4. The van der Waals surface area contributed by atoms with Crippen molar-refractivity contribution in [2.24, 2.45) is 0 Å². The number of ether oxygens (including phenoxy) is 3. The lowest BCUT2D eigenvalue weighted by atomic mass is 9.95. The number of anilines is 1. The molecule has 9 nitrogen and oxygen atoms in total. The van der Waals surface area contributed by atoms with Gasteiger partial charge in [-0.3, -0.25) is 0 Å². The quantitative estimate of drug-likeness (QED) is 0.707. The van der Waals surface area contributed by atoms with Gasteiger partial charge in [-0.2, -0.15) is 10.1 Å². The van der Waals surface area contributed by atoms with E-state index in [0.717, 1.165) is 0 Å². The molecule has 9 heteroatoms. The van der Waals surface area contributed by atoms with Crippen molar-refractivity contribution >= 4 is 11.9 Å². The standard InChI is InChI=1S/C18H22N4O5/c1-4-26-14-8-11(6-7-13(14)23)16-15(17(24)27-5-2)12(9-25-3)21-18-19-10-20-22(16)18/h6-8,10,16,23H,4-5,9H2,1-3H3,(H,19,20,21). The summed E-state index contributed by atoms with van der Waals surface area (Å²) in [7, 11) is 1.54. The molecule has 1 aliphatic heterocycles. The van der Waals surface area contributed by atoms with Crippen molar-refractivity contribution in [2.75, 3.05) is 32.2 Å². The largest absolute Gasteiger partial charge is 0.504 e. The molecule has 2 heterocycles. The Morgan fingerprint density at radius 1 is 1.33 bits per heavy atom. The van der Waals surface area contributed by atoms with E-state index in [0.29, 0.717) is 35.1 Å². The molecular weight excluding hydrogens is 352 g/mol. The van der Waals surface area contributed by atoms with E-state index in [4.69, 9.17) is 14.2 Å². The summed E-state index contributed by atoms with van der Waals surface area (Å²) in [5, 5.41) is 17.4. The minimum atomic E-state index is -0.604. The lowest BCUT2D eigenvalue weighted by Crippen LogP contribution is -2.31. The molecule has 1 aromatic carbocycles. The molecule has 0 aliphatic carbocycles. The fourth-order valence-electron chi connectivity index (χ4n) is 3.00. The summed E-state index contributed by atoms with van der Waals surface area (Å²) in [4.78, 5) is 17.0. The van der Waals surface area contributed by atoms with Crippen LogP contribution in [0.25, 0.3) is 0 Å². The van der Waals surface area contributed by atoms with Crippen LogP contribution in [0.5, 0.6) is 11.5 Å². The Balaban J connectivity index is 2.16. The van der Waals surface area contributed by atoms with Gasteiger partial charge >= 0.3 is 5.97 Å². The second-order valence-electron chi connectivity index (χ2n) is 5.76. The normalized spacial score (nSPS) is 15.9. The number of carbonyl (C=O) groups is 1. The fraction of sp³-hybridized carbons (Fsp3) is 0.389. The van der Waals surface area contributed by atoms with Gasteiger partial charge in [-0.05, 0) is 31.5 Å². The highest BCUT2D eigenvalue weighted by molar-refractivity contribution is 5.92. The van der Waals surface area contributed by atoms with E-state index in [9.17, 15) is 9.90 Å². The van der Waals surface area contributed by atoms with Crippen molar-refractivity contribution < 1.29 is 24.1 Å². The highest BCUT2D eigenvalue weighted by atomic mass is 16.5. The molecule has 0 radical (unpaired) electrons. The molecule has 0 saturated heterocycles. The Kier molecular flexibility index (Phi) is 5.60. The zero-order valence-electron chi connectivity index (χ0n) is 15.4. The molecular formula is C18H22N4O5. The third kappa shape index (κ3) is 3.59. The number of fused-ring (bicyclic) bond motifs is 1. The predicted molar refractivity (Wildman–Crippen MR) is 96.6 cm³/mol. The van der Waals surface area contributed by atoms with Crippen molar-refractivity contribution in [3.05, 3.63) is 41.4 Å². The summed E-state index contributed by atoms with van der Waals surface area (Å²) in [6.07, 6.45) is 1.40. The number of phenolic OH excluding ortho intramolecular Hbond substituents is 1. The van der Waals surface area contributed by atoms with E-state index < -0.39 is 12.0 Å². The molecule has 0 fully saturated rings. The summed E-state index contributed by atoms with van der Waals surface area (Å²) in [6.45, 7) is 4.38. The smallest absolute Gasteiger partial charge is 0.338 e. The number of esters is 1. The first kappa shape index (κ1) is 18.7. The highest BCUT2D eigenvalue weighted by Gasteiger charge is 2.36. The number of carbonyl (C=O) groups excluding carboxylic acids is 1. The van der Waals surface area contributed by atoms with Crippen LogP contribution in [0.4, 0.5) is 5.95 Å². The first-order valence-electron chi connectivity index (χ1n) is 8.62. The molecule has 0 amide bonds. The Bertz CT molecular complexity index is 861. The van der Waals surface area contributed by atoms with E-state index in [1.165, 1.54) is 12.4 Å². The third-order valence-electron chi connectivity index (χ3n) is 4.06. The van der Waals surface area contributed by atoms with E-state index in [2.05, 4.69) is 15.4 Å². The summed E-state index contributed by atoms with van der Waals surface area (Å²) < 4.78 is 17.6. The van der Waals surface area contributed by atoms with E-state index in [-0.39, 0.29) is 19.0 Å². The topological polar surface area (TPSA) is 108 Å². The molecule has 1 atom stereocenters. The van der Waals surface area contributed by atoms with Gasteiger partial charge in [0.1, 0.15) is 12.4 Å². The average Bonchev–Trinajstić information content (AvgIpc) is 3.11. The SMILES string of the molecule is CCOC(=O)C1=C(COC)Nc2ncnn2C1c1ccc(O)c(OCC)c1. The Labute approximate surface area is 156 Å². The summed E-state index contributed by atoms with van der Waals surface area (Å²) in [5.41, 5.74) is 1.61. The number of methoxy groups -OCH3 is 1. The minimum absolute atomic E-state index is 0.0205. The number of hydrogen-bond acceptors (Lipinski definition) is 8. The molecule has 0 spiro atoms. The number of nitrogens with zero attached hydrogens (tertiary/aromatic N) is 3. The van der Waals surface area contributed by atoms with Gasteiger partial charge in [0.2, 0.25) is 5.95 Å². The monoisotopic (exact) mass is 374 g/mol. The van der Waals surface area contributed by atoms with Crippen LogP contribution in [-0.2, 0) is 14.3 Å². The predicted octanol–water partition coefficient (Wildman–Crippen LogP) is 1.86. The van der Waals surface area contributed by atoms with Gasteiger partial charge in [0.05, 0.1) is 31.1 Å². The van der Waals surface area contributed by atoms with Gasteiger partial charge in [0.25, 0.3) is 0 Å². The van der Waals surface area contributed by atoms with Crippen molar-refractivity contribution in [3.63, 3.8) is 0 Å². The third-order valence-corrected chi connectivity index (χ3v) is 4.06. The second kappa shape index (κ2) is 8.09. The van der Waals surface area contributed by atoms with Crippen molar-refractivity contribution in [1.82, 2.24) is 14.8 Å². The van der Waals surface area contributed by atoms with Gasteiger partial charge in [0.15, 0.2) is 11.5 Å². The molecule has 1 aromatic heterocycles. The van der Waals surface area contributed by atoms with Crippen LogP contribution >= 0.6 is 0 Å². The van der Waals surface area contributed by atoms with Gasteiger partial charge in [0, 0.05) is 7.11 Å². The average molecular weight is 374 g/mol. The van der Waals surface area contributed by atoms with E-state index >= 15 is 0 Å². The van der Waals surface area contributed by atoms with Gasteiger partial charge < -0.3 is 24.6 Å². The number of rotatable bonds is 7. The van der Waals surface area contributed by atoms with Crippen molar-refractivity contribution in [2.45, 2.75) is 19.9 Å². The zero-order chi connectivity index (χ0) is 19.4.